The summed E-state index contributed by atoms with van der Waals surface area (Å²) in [4.78, 5) is 38.0. The molecule has 1 amide bonds. The molecule has 1 rings (SSSR count). The molecule has 1 fully saturated rings. The molecule has 0 bridgehead atoms. The zero-order chi connectivity index (χ0) is 18.4. The first kappa shape index (κ1) is 20.3. The first-order chi connectivity index (χ1) is 11.1. The average molecular weight is 343 g/mol. The Bertz CT molecular complexity index is 460. The van der Waals surface area contributed by atoms with Crippen LogP contribution in [0.5, 0.6) is 0 Å². The third-order valence-corrected chi connectivity index (χ3v) is 3.87. The molecule has 0 spiro atoms. The predicted octanol–water partition coefficient (Wildman–Crippen LogP) is 2.52. The van der Waals surface area contributed by atoms with Crippen LogP contribution in [0.25, 0.3) is 0 Å². The van der Waals surface area contributed by atoms with Crippen LogP contribution in [0.15, 0.2) is 0 Å². The SMILES string of the molecule is CCOC(=O)CC1(C(=O)OCC)CCN(C(=O)OC(C)(C)C)CC1. The molecule has 0 aromatic carbocycles. The van der Waals surface area contributed by atoms with Gasteiger partial charge in [-0.25, -0.2) is 4.79 Å². The number of likely N-dealkylation sites (tertiary alicyclic amines) is 1. The molecule has 0 N–H and O–H groups in total. The molecule has 1 saturated heterocycles. The van der Waals surface area contributed by atoms with E-state index in [0.29, 0.717) is 25.9 Å². The second-order valence-electron chi connectivity index (χ2n) is 6.95. The quantitative estimate of drug-likeness (QED) is 0.563. The van der Waals surface area contributed by atoms with Crippen LogP contribution >= 0.6 is 0 Å². The van der Waals surface area contributed by atoms with Gasteiger partial charge >= 0.3 is 18.0 Å². The van der Waals surface area contributed by atoms with E-state index >= 15 is 0 Å². The van der Waals surface area contributed by atoms with Gasteiger partial charge in [-0.3, -0.25) is 9.59 Å². The lowest BCUT2D eigenvalue weighted by molar-refractivity contribution is -0.165. The maximum Gasteiger partial charge on any atom is 0.410 e. The summed E-state index contributed by atoms with van der Waals surface area (Å²) in [6, 6.07) is 0. The van der Waals surface area contributed by atoms with Gasteiger partial charge in [0, 0.05) is 13.1 Å². The van der Waals surface area contributed by atoms with E-state index in [-0.39, 0.29) is 19.6 Å². The summed E-state index contributed by atoms with van der Waals surface area (Å²) in [6.07, 6.45) is 0.270. The minimum absolute atomic E-state index is 0.0260. The predicted molar refractivity (Wildman–Crippen MR) is 87.4 cm³/mol. The van der Waals surface area contributed by atoms with Crippen molar-refractivity contribution in [3.05, 3.63) is 0 Å². The van der Waals surface area contributed by atoms with E-state index < -0.39 is 29.0 Å². The molecule has 7 nitrogen and oxygen atoms in total. The Kier molecular flexibility index (Phi) is 7.05. The second kappa shape index (κ2) is 8.35. The van der Waals surface area contributed by atoms with Gasteiger partial charge in [0.25, 0.3) is 0 Å². The summed E-state index contributed by atoms with van der Waals surface area (Å²) in [6.45, 7) is 10.1. The smallest absolute Gasteiger partial charge is 0.410 e. The molecule has 0 unspecified atom stereocenters. The number of carbonyl (C=O) groups is 3. The normalized spacial score (nSPS) is 17.1. The van der Waals surface area contributed by atoms with E-state index in [4.69, 9.17) is 14.2 Å². The van der Waals surface area contributed by atoms with Crippen LogP contribution in [0.1, 0.15) is 53.9 Å². The van der Waals surface area contributed by atoms with Gasteiger partial charge in [0.2, 0.25) is 0 Å². The van der Waals surface area contributed by atoms with Crippen molar-refractivity contribution in [2.75, 3.05) is 26.3 Å². The lowest BCUT2D eigenvalue weighted by Crippen LogP contribution is -2.49. The third-order valence-electron chi connectivity index (χ3n) is 3.87. The van der Waals surface area contributed by atoms with Crippen molar-refractivity contribution in [2.45, 2.75) is 59.5 Å². The van der Waals surface area contributed by atoms with Crippen LogP contribution in [-0.2, 0) is 23.8 Å². The molecule has 0 saturated carbocycles. The summed E-state index contributed by atoms with van der Waals surface area (Å²) in [5.74, 6) is -0.821. The van der Waals surface area contributed by atoms with Crippen molar-refractivity contribution < 1.29 is 28.6 Å². The van der Waals surface area contributed by atoms with Crippen molar-refractivity contribution >= 4 is 18.0 Å². The highest BCUT2D eigenvalue weighted by Crippen LogP contribution is 2.37. The van der Waals surface area contributed by atoms with E-state index in [2.05, 4.69) is 0 Å². The Balaban J connectivity index is 2.78. The number of amides is 1. The number of nitrogens with zero attached hydrogens (tertiary/aromatic N) is 1. The van der Waals surface area contributed by atoms with Gasteiger partial charge in [-0.15, -0.1) is 0 Å². The fourth-order valence-electron chi connectivity index (χ4n) is 2.67. The van der Waals surface area contributed by atoms with E-state index in [9.17, 15) is 14.4 Å². The number of hydrogen-bond acceptors (Lipinski definition) is 6. The van der Waals surface area contributed by atoms with Crippen molar-refractivity contribution in [3.8, 4) is 0 Å². The zero-order valence-electron chi connectivity index (χ0n) is 15.3. The highest BCUT2D eigenvalue weighted by molar-refractivity contribution is 5.84. The fraction of sp³-hybridized carbons (Fsp3) is 0.824. The standard InChI is InChI=1S/C17H29NO6/c1-6-22-13(19)12-17(14(20)23-7-2)8-10-18(11-9-17)15(21)24-16(3,4)5/h6-12H2,1-5H3. The number of carbonyl (C=O) groups excluding carboxylic acids is 3. The number of hydrogen-bond donors (Lipinski definition) is 0. The maximum atomic E-state index is 12.4. The van der Waals surface area contributed by atoms with E-state index in [0.717, 1.165) is 0 Å². The molecule has 0 aromatic heterocycles. The van der Waals surface area contributed by atoms with Gasteiger partial charge in [0.05, 0.1) is 25.0 Å². The van der Waals surface area contributed by atoms with Crippen LogP contribution in [0, 0.1) is 5.41 Å². The van der Waals surface area contributed by atoms with Crippen molar-refractivity contribution in [3.63, 3.8) is 0 Å². The summed E-state index contributed by atoms with van der Waals surface area (Å²) in [5, 5.41) is 0. The summed E-state index contributed by atoms with van der Waals surface area (Å²) >= 11 is 0. The summed E-state index contributed by atoms with van der Waals surface area (Å²) < 4.78 is 15.5. The molecule has 0 aromatic rings. The molecule has 1 aliphatic heterocycles. The van der Waals surface area contributed by atoms with Gasteiger partial charge in [-0.1, -0.05) is 0 Å². The van der Waals surface area contributed by atoms with Crippen LogP contribution in [0.3, 0.4) is 0 Å². The number of ether oxygens (including phenoxy) is 3. The van der Waals surface area contributed by atoms with E-state index in [1.807, 2.05) is 0 Å². The van der Waals surface area contributed by atoms with Gasteiger partial charge in [-0.2, -0.15) is 0 Å². The zero-order valence-corrected chi connectivity index (χ0v) is 15.3. The number of rotatable bonds is 5. The number of piperidine rings is 1. The Hall–Kier alpha value is -1.79. The molecule has 138 valence electrons. The minimum atomic E-state index is -0.930. The van der Waals surface area contributed by atoms with Crippen LogP contribution < -0.4 is 0 Å². The Labute approximate surface area is 143 Å². The molecule has 1 aliphatic rings. The van der Waals surface area contributed by atoms with Crippen molar-refractivity contribution in [1.29, 1.82) is 0 Å². The third kappa shape index (κ3) is 5.69. The van der Waals surface area contributed by atoms with Gasteiger partial charge < -0.3 is 19.1 Å². The van der Waals surface area contributed by atoms with E-state index in [1.54, 1.807) is 39.5 Å². The van der Waals surface area contributed by atoms with Crippen LogP contribution in [0.2, 0.25) is 0 Å². The lowest BCUT2D eigenvalue weighted by atomic mass is 9.75. The molecule has 24 heavy (non-hydrogen) atoms. The average Bonchev–Trinajstić information content (AvgIpc) is 2.46. The molecule has 0 aliphatic carbocycles. The Morgan fingerprint density at radius 2 is 1.54 bits per heavy atom. The molecular formula is C17H29NO6. The van der Waals surface area contributed by atoms with E-state index in [1.165, 1.54) is 0 Å². The van der Waals surface area contributed by atoms with Gasteiger partial charge in [0.1, 0.15) is 5.60 Å². The van der Waals surface area contributed by atoms with Gasteiger partial charge in [0.15, 0.2) is 0 Å². The molecule has 1 heterocycles. The first-order valence-corrected chi connectivity index (χ1v) is 8.44. The number of esters is 2. The maximum absolute atomic E-state index is 12.4. The first-order valence-electron chi connectivity index (χ1n) is 8.44. The van der Waals surface area contributed by atoms with Crippen molar-refractivity contribution in [1.82, 2.24) is 4.90 Å². The highest BCUT2D eigenvalue weighted by atomic mass is 16.6. The van der Waals surface area contributed by atoms with Crippen LogP contribution in [0.4, 0.5) is 4.79 Å². The van der Waals surface area contributed by atoms with Crippen LogP contribution in [-0.4, -0.2) is 54.8 Å². The van der Waals surface area contributed by atoms with Gasteiger partial charge in [-0.05, 0) is 47.5 Å². The molecule has 7 heteroatoms. The largest absolute Gasteiger partial charge is 0.466 e. The van der Waals surface area contributed by atoms with Crippen molar-refractivity contribution in [2.24, 2.45) is 5.41 Å². The highest BCUT2D eigenvalue weighted by Gasteiger charge is 2.46. The summed E-state index contributed by atoms with van der Waals surface area (Å²) in [5.41, 5.74) is -1.50. The molecule has 0 radical (unpaired) electrons. The Morgan fingerprint density at radius 3 is 2.00 bits per heavy atom. The minimum Gasteiger partial charge on any atom is -0.466 e. The molecular weight excluding hydrogens is 314 g/mol. The fourth-order valence-corrected chi connectivity index (χ4v) is 2.67. The summed E-state index contributed by atoms with van der Waals surface area (Å²) in [7, 11) is 0. The topological polar surface area (TPSA) is 82.1 Å². The second-order valence-corrected chi connectivity index (χ2v) is 6.95. The molecule has 0 atom stereocenters. The Morgan fingerprint density at radius 1 is 1.00 bits per heavy atom. The monoisotopic (exact) mass is 343 g/mol. The lowest BCUT2D eigenvalue weighted by Gasteiger charge is -2.39.